The molecule has 0 saturated carbocycles. The maximum Gasteiger partial charge on any atom is 0.0598 e. The zero-order valence-corrected chi connectivity index (χ0v) is 12.7. The summed E-state index contributed by atoms with van der Waals surface area (Å²) in [5, 5.41) is 9.67. The number of halogens is 1. The minimum Gasteiger partial charge on any atom is -0.395 e. The third kappa shape index (κ3) is 1.99. The van der Waals surface area contributed by atoms with E-state index in [1.165, 1.54) is 5.56 Å². The number of nitrogens with zero attached hydrogens (tertiary/aromatic N) is 2. The van der Waals surface area contributed by atoms with Crippen LogP contribution in [0.1, 0.15) is 11.6 Å². The Hall–Kier alpha value is -0.170. The van der Waals surface area contributed by atoms with Gasteiger partial charge in [0, 0.05) is 48.0 Å². The molecule has 2 fully saturated rings. The molecule has 2 saturated heterocycles. The van der Waals surface area contributed by atoms with E-state index in [0.717, 1.165) is 13.1 Å². The molecule has 2 heterocycles. The van der Waals surface area contributed by atoms with Crippen molar-refractivity contribution in [2.45, 2.75) is 12.1 Å². The van der Waals surface area contributed by atoms with Gasteiger partial charge in [-0.2, -0.15) is 0 Å². The van der Waals surface area contributed by atoms with Crippen molar-refractivity contribution in [2.75, 3.05) is 26.7 Å². The van der Waals surface area contributed by atoms with Gasteiger partial charge in [0.05, 0.1) is 6.61 Å². The standard InChI is InChI=1S/C14H19IN2O/c1-16-7-11-12(8-16)14(17(15)13(11)9-18)10-5-3-2-4-6-10/h2-6,11-14,18H,7-9H2,1H3/t11-,12+,13-,14+/m0/s1. The second-order valence-electron chi connectivity index (χ2n) is 5.50. The summed E-state index contributed by atoms with van der Waals surface area (Å²) in [6.45, 7) is 2.51. The van der Waals surface area contributed by atoms with E-state index < -0.39 is 0 Å². The van der Waals surface area contributed by atoms with Crippen LogP contribution in [0.3, 0.4) is 0 Å². The fraction of sp³-hybridized carbons (Fsp3) is 0.571. The molecule has 0 bridgehead atoms. The molecule has 1 aromatic carbocycles. The topological polar surface area (TPSA) is 26.7 Å². The van der Waals surface area contributed by atoms with Crippen molar-refractivity contribution in [1.82, 2.24) is 8.01 Å². The Morgan fingerprint density at radius 1 is 1.22 bits per heavy atom. The number of hydrogen-bond donors (Lipinski definition) is 1. The number of aliphatic hydroxyl groups is 1. The van der Waals surface area contributed by atoms with E-state index in [2.05, 4.69) is 68.3 Å². The monoisotopic (exact) mass is 358 g/mol. The first-order valence-electron chi connectivity index (χ1n) is 6.51. The second-order valence-corrected chi connectivity index (χ2v) is 6.61. The first kappa shape index (κ1) is 12.8. The van der Waals surface area contributed by atoms with Gasteiger partial charge in [0.2, 0.25) is 0 Å². The molecule has 2 aliphatic heterocycles. The van der Waals surface area contributed by atoms with E-state index in [4.69, 9.17) is 0 Å². The molecule has 1 N–H and O–H groups in total. The lowest BCUT2D eigenvalue weighted by atomic mass is 9.87. The molecule has 0 aliphatic carbocycles. The van der Waals surface area contributed by atoms with Crippen molar-refractivity contribution in [1.29, 1.82) is 0 Å². The average Bonchev–Trinajstić information content (AvgIpc) is 2.84. The van der Waals surface area contributed by atoms with Crippen LogP contribution in [0.25, 0.3) is 0 Å². The number of likely N-dealkylation sites (tertiary alicyclic amines) is 1. The summed E-state index contributed by atoms with van der Waals surface area (Å²) in [6, 6.07) is 11.5. The van der Waals surface area contributed by atoms with Crippen LogP contribution in [0.4, 0.5) is 0 Å². The maximum absolute atomic E-state index is 9.67. The highest BCUT2D eigenvalue weighted by molar-refractivity contribution is 14.1. The van der Waals surface area contributed by atoms with Gasteiger partial charge >= 0.3 is 0 Å². The molecule has 3 nitrogen and oxygen atoms in total. The van der Waals surface area contributed by atoms with Gasteiger partial charge in [-0.25, -0.2) is 3.11 Å². The van der Waals surface area contributed by atoms with Crippen LogP contribution in [0.2, 0.25) is 0 Å². The number of fused-ring (bicyclic) bond motifs is 1. The number of hydrogen-bond acceptors (Lipinski definition) is 3. The number of benzene rings is 1. The summed E-state index contributed by atoms with van der Waals surface area (Å²) in [4.78, 5) is 2.40. The SMILES string of the molecule is CN1C[C@@H]2[C@H](C1)[C@H](CO)N(I)[C@@H]2c1ccccc1. The molecule has 18 heavy (non-hydrogen) atoms. The highest BCUT2D eigenvalue weighted by Crippen LogP contribution is 2.49. The van der Waals surface area contributed by atoms with Crippen LogP contribution in [0, 0.1) is 11.8 Å². The van der Waals surface area contributed by atoms with Crippen LogP contribution in [0.5, 0.6) is 0 Å². The zero-order valence-electron chi connectivity index (χ0n) is 10.5. The largest absolute Gasteiger partial charge is 0.395 e. The summed E-state index contributed by atoms with van der Waals surface area (Å²) in [5.74, 6) is 1.24. The Kier molecular flexibility index (Phi) is 3.62. The molecule has 1 aromatic rings. The minimum atomic E-state index is 0.265. The molecule has 0 radical (unpaired) electrons. The molecule has 0 aromatic heterocycles. The fourth-order valence-corrected chi connectivity index (χ4v) is 4.96. The van der Waals surface area contributed by atoms with Crippen molar-refractivity contribution in [3.63, 3.8) is 0 Å². The van der Waals surface area contributed by atoms with E-state index in [9.17, 15) is 5.11 Å². The molecule has 2 aliphatic rings. The molecule has 98 valence electrons. The Morgan fingerprint density at radius 3 is 2.56 bits per heavy atom. The summed E-state index contributed by atoms with van der Waals surface area (Å²) >= 11 is 2.41. The lowest BCUT2D eigenvalue weighted by Crippen LogP contribution is -2.33. The maximum atomic E-state index is 9.67. The first-order chi connectivity index (χ1) is 8.72. The van der Waals surface area contributed by atoms with Gasteiger partial charge in [-0.1, -0.05) is 30.3 Å². The van der Waals surface area contributed by atoms with Crippen molar-refractivity contribution in [3.8, 4) is 0 Å². The van der Waals surface area contributed by atoms with Crippen molar-refractivity contribution in [3.05, 3.63) is 35.9 Å². The Bertz CT molecular complexity index is 414. The van der Waals surface area contributed by atoms with Gasteiger partial charge in [-0.15, -0.1) is 0 Å². The highest BCUT2D eigenvalue weighted by atomic mass is 127. The van der Waals surface area contributed by atoms with Crippen LogP contribution >= 0.6 is 22.9 Å². The molecule has 0 amide bonds. The van der Waals surface area contributed by atoms with Crippen LogP contribution in [0.15, 0.2) is 30.3 Å². The van der Waals surface area contributed by atoms with Gasteiger partial charge < -0.3 is 10.0 Å². The quantitative estimate of drug-likeness (QED) is 0.647. The lowest BCUT2D eigenvalue weighted by Gasteiger charge is -2.27. The van der Waals surface area contributed by atoms with Crippen molar-refractivity contribution < 1.29 is 5.11 Å². The normalized spacial score (nSPS) is 37.1. The van der Waals surface area contributed by atoms with Crippen LogP contribution in [-0.4, -0.2) is 45.9 Å². The molecular weight excluding hydrogens is 339 g/mol. The smallest absolute Gasteiger partial charge is 0.0598 e. The molecule has 3 rings (SSSR count). The van der Waals surface area contributed by atoms with E-state index in [-0.39, 0.29) is 6.61 Å². The molecule has 4 heteroatoms. The lowest BCUT2D eigenvalue weighted by molar-refractivity contribution is 0.184. The Balaban J connectivity index is 1.94. The van der Waals surface area contributed by atoms with Gasteiger partial charge in [0.25, 0.3) is 0 Å². The first-order valence-corrected chi connectivity index (χ1v) is 7.47. The van der Waals surface area contributed by atoms with Crippen molar-refractivity contribution in [2.24, 2.45) is 11.8 Å². The Morgan fingerprint density at radius 2 is 1.89 bits per heavy atom. The van der Waals surface area contributed by atoms with E-state index >= 15 is 0 Å². The highest BCUT2D eigenvalue weighted by Gasteiger charge is 2.51. The third-order valence-corrected chi connectivity index (χ3v) is 5.72. The van der Waals surface area contributed by atoms with Gasteiger partial charge in [-0.3, -0.25) is 0 Å². The third-order valence-electron chi connectivity index (χ3n) is 4.41. The predicted octanol–water partition coefficient (Wildman–Crippen LogP) is 1.93. The average molecular weight is 358 g/mol. The number of aliphatic hydroxyl groups excluding tert-OH is 1. The summed E-state index contributed by atoms with van der Waals surface area (Å²) in [6.07, 6.45) is 0. The van der Waals surface area contributed by atoms with Gasteiger partial charge in [0.1, 0.15) is 0 Å². The zero-order chi connectivity index (χ0) is 12.7. The van der Waals surface area contributed by atoms with E-state index in [0.29, 0.717) is 23.9 Å². The van der Waals surface area contributed by atoms with Gasteiger partial charge in [0.15, 0.2) is 0 Å². The molecular formula is C14H19IN2O. The van der Waals surface area contributed by atoms with Crippen molar-refractivity contribution >= 4 is 22.9 Å². The Labute approximate surface area is 122 Å². The van der Waals surface area contributed by atoms with Crippen LogP contribution in [-0.2, 0) is 0 Å². The summed E-state index contributed by atoms with van der Waals surface area (Å²) in [7, 11) is 2.19. The molecule has 0 spiro atoms. The minimum absolute atomic E-state index is 0.265. The van der Waals surface area contributed by atoms with Crippen LogP contribution < -0.4 is 0 Å². The molecule has 4 atom stereocenters. The fourth-order valence-electron chi connectivity index (χ4n) is 3.63. The molecule has 0 unspecified atom stereocenters. The van der Waals surface area contributed by atoms with E-state index in [1.807, 2.05) is 0 Å². The predicted molar refractivity (Wildman–Crippen MR) is 80.4 cm³/mol. The number of rotatable bonds is 2. The summed E-state index contributed by atoms with van der Waals surface area (Å²) < 4.78 is 2.36. The second kappa shape index (κ2) is 5.07. The van der Waals surface area contributed by atoms with Gasteiger partial charge in [-0.05, 0) is 24.4 Å². The summed E-state index contributed by atoms with van der Waals surface area (Å²) in [5.41, 5.74) is 1.38. The van der Waals surface area contributed by atoms with E-state index in [1.54, 1.807) is 0 Å².